The molecule has 0 aliphatic carbocycles. The Bertz CT molecular complexity index is 471. The summed E-state index contributed by atoms with van der Waals surface area (Å²) in [5.74, 6) is -0.342. The molecule has 5 N–H and O–H groups in total. The molecule has 0 spiro atoms. The Labute approximate surface area is 133 Å². The van der Waals surface area contributed by atoms with E-state index in [-0.39, 0.29) is 47.9 Å². The van der Waals surface area contributed by atoms with Gasteiger partial charge in [-0.1, -0.05) is 23.2 Å². The maximum atomic E-state index is 12.2. The summed E-state index contributed by atoms with van der Waals surface area (Å²) in [6, 6.07) is 2.42. The number of amides is 1. The summed E-state index contributed by atoms with van der Waals surface area (Å²) in [5, 5.41) is 21.1. The molecule has 6 nitrogen and oxygen atoms in total. The number of hydrogen-bond donors (Lipinski definition) is 4. The molecule has 0 aliphatic rings. The minimum atomic E-state index is -0.561. The first-order chi connectivity index (χ1) is 9.90. The second-order valence-corrected chi connectivity index (χ2v) is 5.32. The normalized spacial score (nSPS) is 12.5. The van der Waals surface area contributed by atoms with Crippen LogP contribution in [0.4, 0.5) is 11.4 Å². The van der Waals surface area contributed by atoms with E-state index in [0.717, 1.165) is 0 Å². The van der Waals surface area contributed by atoms with E-state index >= 15 is 0 Å². The minimum Gasteiger partial charge on any atom is -0.399 e. The molecule has 1 aromatic carbocycles. The van der Waals surface area contributed by atoms with Gasteiger partial charge in [-0.2, -0.15) is 0 Å². The van der Waals surface area contributed by atoms with E-state index in [4.69, 9.17) is 39.1 Å². The van der Waals surface area contributed by atoms with Gasteiger partial charge < -0.3 is 21.3 Å². The molecule has 1 rings (SSSR count). The number of halogens is 2. The lowest BCUT2D eigenvalue weighted by atomic mass is 10.2. The molecule has 1 unspecified atom stereocenters. The van der Waals surface area contributed by atoms with Gasteiger partial charge in [-0.05, 0) is 19.1 Å². The summed E-state index contributed by atoms with van der Waals surface area (Å²) >= 11 is 12.0. The van der Waals surface area contributed by atoms with E-state index in [9.17, 15) is 4.79 Å². The van der Waals surface area contributed by atoms with Crippen LogP contribution >= 0.6 is 23.2 Å². The lowest BCUT2D eigenvalue weighted by molar-refractivity contribution is -0.121. The maximum Gasteiger partial charge on any atom is 0.241 e. The maximum absolute atomic E-state index is 12.2. The number of nitrogens with two attached hydrogens (primary N) is 1. The van der Waals surface area contributed by atoms with Gasteiger partial charge in [-0.25, -0.2) is 0 Å². The van der Waals surface area contributed by atoms with E-state index in [1.807, 2.05) is 0 Å². The Morgan fingerprint density at radius 1 is 1.29 bits per heavy atom. The summed E-state index contributed by atoms with van der Waals surface area (Å²) in [7, 11) is 0. The Morgan fingerprint density at radius 3 is 2.19 bits per heavy atom. The lowest BCUT2D eigenvalue weighted by Crippen LogP contribution is -2.44. The number of carbonyl (C=O) groups excluding carboxylic acids is 1. The molecule has 0 aliphatic heterocycles. The Kier molecular flexibility index (Phi) is 7.21. The number of hydrogen-bond acceptors (Lipinski definition) is 5. The van der Waals surface area contributed by atoms with Crippen molar-refractivity contribution in [3.63, 3.8) is 0 Å². The van der Waals surface area contributed by atoms with Crippen molar-refractivity contribution in [2.45, 2.75) is 13.0 Å². The van der Waals surface area contributed by atoms with Crippen LogP contribution in [0.5, 0.6) is 0 Å². The molecule has 8 heteroatoms. The summed E-state index contributed by atoms with van der Waals surface area (Å²) in [6.45, 7) is 2.00. The second-order valence-electron chi connectivity index (χ2n) is 4.51. The lowest BCUT2D eigenvalue weighted by Gasteiger charge is -2.27. The van der Waals surface area contributed by atoms with Crippen molar-refractivity contribution in [1.29, 1.82) is 0 Å². The molecule has 0 saturated heterocycles. The number of nitrogens with zero attached hydrogens (tertiary/aromatic N) is 1. The summed E-state index contributed by atoms with van der Waals surface area (Å²) in [5.41, 5.74) is 6.29. The quantitative estimate of drug-likeness (QED) is 0.561. The fraction of sp³-hybridized carbons (Fsp3) is 0.462. The molecular weight excluding hydrogens is 317 g/mol. The molecular formula is C13H19Cl2N3O3. The molecule has 0 aromatic heterocycles. The summed E-state index contributed by atoms with van der Waals surface area (Å²) < 4.78 is 0. The van der Waals surface area contributed by atoms with Crippen LogP contribution in [-0.2, 0) is 4.79 Å². The number of anilines is 2. The number of carbonyl (C=O) groups is 1. The number of nitrogen functional groups attached to an aromatic ring is 1. The average Bonchev–Trinajstić information content (AvgIpc) is 2.41. The van der Waals surface area contributed by atoms with Crippen molar-refractivity contribution >= 4 is 40.5 Å². The van der Waals surface area contributed by atoms with Crippen LogP contribution in [-0.4, -0.2) is 53.4 Å². The van der Waals surface area contributed by atoms with Gasteiger partial charge in [-0.15, -0.1) is 0 Å². The first kappa shape index (κ1) is 18.0. The number of benzene rings is 1. The van der Waals surface area contributed by atoms with E-state index < -0.39 is 6.04 Å². The first-order valence-corrected chi connectivity index (χ1v) is 7.17. The number of rotatable bonds is 7. The predicted octanol–water partition coefficient (Wildman–Crippen LogP) is 1.19. The van der Waals surface area contributed by atoms with E-state index in [2.05, 4.69) is 5.32 Å². The van der Waals surface area contributed by atoms with Crippen molar-refractivity contribution in [1.82, 2.24) is 4.90 Å². The van der Waals surface area contributed by atoms with Crippen LogP contribution in [0.1, 0.15) is 6.92 Å². The van der Waals surface area contributed by atoms with Crippen LogP contribution in [0.2, 0.25) is 10.0 Å². The highest BCUT2D eigenvalue weighted by molar-refractivity contribution is 6.40. The van der Waals surface area contributed by atoms with Crippen LogP contribution < -0.4 is 11.1 Å². The molecule has 21 heavy (non-hydrogen) atoms. The number of aliphatic hydroxyl groups is 2. The SMILES string of the molecule is CC(C(=O)Nc1c(Cl)cc(N)cc1Cl)N(CCO)CCO. The van der Waals surface area contributed by atoms with Gasteiger partial charge in [0.25, 0.3) is 0 Å². The standard InChI is InChI=1S/C13H19Cl2N3O3/c1-8(18(2-4-19)3-5-20)13(21)17-12-10(14)6-9(16)7-11(12)15/h6-8,19-20H,2-5,16H2,1H3,(H,17,21). The van der Waals surface area contributed by atoms with Crippen molar-refractivity contribution in [2.75, 3.05) is 37.4 Å². The molecule has 1 amide bonds. The average molecular weight is 336 g/mol. The highest BCUT2D eigenvalue weighted by Gasteiger charge is 2.22. The molecule has 0 fully saturated rings. The van der Waals surface area contributed by atoms with Crippen LogP contribution in [0.3, 0.4) is 0 Å². The second kappa shape index (κ2) is 8.41. The van der Waals surface area contributed by atoms with Gasteiger partial charge in [0.05, 0.1) is 35.0 Å². The molecule has 1 atom stereocenters. The fourth-order valence-electron chi connectivity index (χ4n) is 1.86. The fourth-order valence-corrected chi connectivity index (χ4v) is 2.46. The van der Waals surface area contributed by atoms with Gasteiger partial charge in [0.2, 0.25) is 5.91 Å². The smallest absolute Gasteiger partial charge is 0.241 e. The number of aliphatic hydroxyl groups excluding tert-OH is 2. The number of nitrogens with one attached hydrogen (secondary N) is 1. The van der Waals surface area contributed by atoms with E-state index in [0.29, 0.717) is 5.69 Å². The van der Waals surface area contributed by atoms with E-state index in [1.165, 1.54) is 12.1 Å². The topological polar surface area (TPSA) is 98.8 Å². The van der Waals surface area contributed by atoms with E-state index in [1.54, 1.807) is 11.8 Å². The molecule has 0 radical (unpaired) electrons. The molecule has 0 heterocycles. The largest absolute Gasteiger partial charge is 0.399 e. The third-order valence-corrected chi connectivity index (χ3v) is 3.61. The highest BCUT2D eigenvalue weighted by Crippen LogP contribution is 2.32. The van der Waals surface area contributed by atoms with Crippen LogP contribution in [0.15, 0.2) is 12.1 Å². The Morgan fingerprint density at radius 2 is 1.76 bits per heavy atom. The monoisotopic (exact) mass is 335 g/mol. The van der Waals surface area contributed by atoms with Gasteiger partial charge >= 0.3 is 0 Å². The summed E-state index contributed by atoms with van der Waals surface area (Å²) in [4.78, 5) is 13.9. The van der Waals surface area contributed by atoms with Gasteiger partial charge in [0, 0.05) is 18.8 Å². The Balaban J connectivity index is 2.84. The zero-order chi connectivity index (χ0) is 16.0. The van der Waals surface area contributed by atoms with Crippen molar-refractivity contribution in [3.05, 3.63) is 22.2 Å². The molecule has 1 aromatic rings. The molecule has 118 valence electrons. The molecule has 0 saturated carbocycles. The van der Waals surface area contributed by atoms with Gasteiger partial charge in [0.15, 0.2) is 0 Å². The third-order valence-electron chi connectivity index (χ3n) is 3.01. The van der Waals surface area contributed by atoms with Gasteiger partial charge in [-0.3, -0.25) is 9.69 Å². The zero-order valence-electron chi connectivity index (χ0n) is 11.6. The van der Waals surface area contributed by atoms with Crippen molar-refractivity contribution in [2.24, 2.45) is 0 Å². The third kappa shape index (κ3) is 5.01. The minimum absolute atomic E-state index is 0.110. The highest BCUT2D eigenvalue weighted by atomic mass is 35.5. The predicted molar refractivity (Wildman–Crippen MR) is 84.7 cm³/mol. The van der Waals surface area contributed by atoms with Gasteiger partial charge in [0.1, 0.15) is 0 Å². The first-order valence-electron chi connectivity index (χ1n) is 6.41. The van der Waals surface area contributed by atoms with Crippen molar-refractivity contribution < 1.29 is 15.0 Å². The van der Waals surface area contributed by atoms with Crippen LogP contribution in [0.25, 0.3) is 0 Å². The van der Waals surface area contributed by atoms with Crippen molar-refractivity contribution in [3.8, 4) is 0 Å². The Hall–Kier alpha value is -1.05. The zero-order valence-corrected chi connectivity index (χ0v) is 13.2. The van der Waals surface area contributed by atoms with Crippen LogP contribution in [0, 0.1) is 0 Å². The summed E-state index contributed by atoms with van der Waals surface area (Å²) in [6.07, 6.45) is 0. The molecule has 0 bridgehead atoms.